The normalized spacial score (nSPS) is 20.0. The molecule has 34 heavy (non-hydrogen) atoms. The highest BCUT2D eigenvalue weighted by Gasteiger charge is 2.38. The van der Waals surface area contributed by atoms with Gasteiger partial charge in [0.2, 0.25) is 5.91 Å². The summed E-state index contributed by atoms with van der Waals surface area (Å²) in [7, 11) is 0. The highest BCUT2D eigenvalue weighted by atomic mass is 19.1. The number of likely N-dealkylation sites (tertiary alicyclic amines) is 2. The van der Waals surface area contributed by atoms with Crippen molar-refractivity contribution in [3.05, 3.63) is 65.5 Å². The molecule has 2 aromatic carbocycles. The van der Waals surface area contributed by atoms with Gasteiger partial charge in [0, 0.05) is 32.2 Å². The summed E-state index contributed by atoms with van der Waals surface area (Å²) < 4.78 is 19.7. The Kier molecular flexibility index (Phi) is 6.32. The quantitative estimate of drug-likeness (QED) is 0.635. The van der Waals surface area contributed by atoms with Crippen LogP contribution in [-0.4, -0.2) is 77.3 Å². The summed E-state index contributed by atoms with van der Waals surface area (Å²) in [4.78, 5) is 43.2. The van der Waals surface area contributed by atoms with Crippen molar-refractivity contribution in [1.82, 2.24) is 14.7 Å². The van der Waals surface area contributed by atoms with Crippen LogP contribution in [0.1, 0.15) is 46.4 Å². The molecule has 178 valence electrons. The average molecular weight is 466 g/mol. The van der Waals surface area contributed by atoms with Crippen LogP contribution in [0.4, 0.5) is 4.39 Å². The van der Waals surface area contributed by atoms with Crippen LogP contribution in [-0.2, 0) is 4.79 Å². The Morgan fingerprint density at radius 2 is 1.44 bits per heavy atom. The fourth-order valence-electron chi connectivity index (χ4n) is 5.18. The first-order valence-corrected chi connectivity index (χ1v) is 11.9. The highest BCUT2D eigenvalue weighted by molar-refractivity contribution is 6.22. The molecule has 7 nitrogen and oxygen atoms in total. The zero-order valence-corrected chi connectivity index (χ0v) is 19.0. The zero-order valence-electron chi connectivity index (χ0n) is 19.0. The van der Waals surface area contributed by atoms with Gasteiger partial charge in [-0.25, -0.2) is 4.39 Å². The summed E-state index contributed by atoms with van der Waals surface area (Å²) >= 11 is 0. The molecule has 0 atom stereocenters. The van der Waals surface area contributed by atoms with Crippen LogP contribution in [0.5, 0.6) is 5.75 Å². The number of ether oxygens (including phenoxy) is 1. The van der Waals surface area contributed by atoms with Crippen molar-refractivity contribution in [2.75, 3.05) is 32.7 Å². The number of carbonyl (C=O) groups is 3. The molecule has 0 bridgehead atoms. The van der Waals surface area contributed by atoms with Crippen molar-refractivity contribution >= 4 is 17.7 Å². The van der Waals surface area contributed by atoms with Gasteiger partial charge in [-0.3, -0.25) is 24.2 Å². The first kappa shape index (κ1) is 22.5. The molecule has 0 aromatic heterocycles. The van der Waals surface area contributed by atoms with E-state index in [0.717, 1.165) is 43.7 Å². The van der Waals surface area contributed by atoms with Gasteiger partial charge in [0.25, 0.3) is 11.8 Å². The monoisotopic (exact) mass is 465 g/mol. The van der Waals surface area contributed by atoms with Gasteiger partial charge < -0.3 is 9.64 Å². The molecule has 0 radical (unpaired) electrons. The Morgan fingerprint density at radius 1 is 0.853 bits per heavy atom. The Hall–Kier alpha value is -3.26. The van der Waals surface area contributed by atoms with Crippen LogP contribution in [0.3, 0.4) is 0 Å². The predicted molar refractivity (Wildman–Crippen MR) is 123 cm³/mol. The molecular weight excluding hydrogens is 437 g/mol. The molecule has 0 unspecified atom stereocenters. The van der Waals surface area contributed by atoms with E-state index < -0.39 is 11.8 Å². The maximum atomic E-state index is 13.8. The maximum absolute atomic E-state index is 13.8. The lowest BCUT2D eigenvalue weighted by Gasteiger charge is -2.41. The lowest BCUT2D eigenvalue weighted by atomic mass is 9.98. The molecule has 2 fully saturated rings. The van der Waals surface area contributed by atoms with Crippen LogP contribution < -0.4 is 4.74 Å². The molecule has 3 amide bonds. The van der Waals surface area contributed by atoms with Gasteiger partial charge in [0.15, 0.2) is 11.6 Å². The molecule has 5 rings (SSSR count). The van der Waals surface area contributed by atoms with Crippen molar-refractivity contribution in [3.8, 4) is 5.75 Å². The number of hydrogen-bond acceptors (Lipinski definition) is 5. The van der Waals surface area contributed by atoms with Gasteiger partial charge in [0.05, 0.1) is 11.1 Å². The summed E-state index contributed by atoms with van der Waals surface area (Å²) in [5, 5.41) is 0. The second-order valence-corrected chi connectivity index (χ2v) is 9.14. The predicted octanol–water partition coefficient (Wildman–Crippen LogP) is 2.96. The number of halogens is 1. The Bertz CT molecular complexity index is 1060. The number of piperidine rings is 2. The molecule has 2 aromatic rings. The number of para-hydroxylation sites is 1. The summed E-state index contributed by atoms with van der Waals surface area (Å²) in [5.41, 5.74) is 0.725. The van der Waals surface area contributed by atoms with Crippen molar-refractivity contribution in [3.63, 3.8) is 0 Å². The van der Waals surface area contributed by atoms with Crippen molar-refractivity contribution in [2.24, 2.45) is 0 Å². The third kappa shape index (κ3) is 4.42. The minimum Gasteiger partial charge on any atom is -0.487 e. The van der Waals surface area contributed by atoms with Crippen LogP contribution in [0.2, 0.25) is 0 Å². The average Bonchev–Trinajstić information content (AvgIpc) is 3.11. The molecule has 0 spiro atoms. The van der Waals surface area contributed by atoms with E-state index in [1.54, 1.807) is 47.4 Å². The molecule has 0 N–H and O–H groups in total. The Balaban J connectivity index is 1.08. The minimum absolute atomic E-state index is 0.00877. The molecule has 0 aliphatic carbocycles. The smallest absolute Gasteiger partial charge is 0.262 e. The van der Waals surface area contributed by atoms with E-state index in [4.69, 9.17) is 4.74 Å². The molecule has 0 saturated carbocycles. The molecule has 3 aliphatic heterocycles. The molecular formula is C26H28FN3O4. The van der Waals surface area contributed by atoms with Gasteiger partial charge >= 0.3 is 0 Å². The number of benzene rings is 2. The summed E-state index contributed by atoms with van der Waals surface area (Å²) in [6.45, 7) is 2.77. The lowest BCUT2D eigenvalue weighted by molar-refractivity contribution is -0.133. The standard InChI is InChI=1S/C26H28FN3O4/c27-22-7-3-4-8-23(22)34-19-11-15-28(16-12-19)18-9-13-29(14-10-18)24(31)17-30-25(32)20-5-1-2-6-21(20)26(30)33/h1-8,18-19H,9-17H2. The number of amides is 3. The summed E-state index contributed by atoms with van der Waals surface area (Å²) in [6, 6.07) is 13.6. The summed E-state index contributed by atoms with van der Waals surface area (Å²) in [5.74, 6) is -1.01. The van der Waals surface area contributed by atoms with Crippen LogP contribution in [0, 0.1) is 5.82 Å². The van der Waals surface area contributed by atoms with Crippen LogP contribution in [0.15, 0.2) is 48.5 Å². The number of carbonyl (C=O) groups excluding carboxylic acids is 3. The summed E-state index contributed by atoms with van der Waals surface area (Å²) in [6.07, 6.45) is 3.40. The molecule has 8 heteroatoms. The number of imide groups is 1. The number of fused-ring (bicyclic) bond motifs is 1. The number of rotatable bonds is 5. The Labute approximate surface area is 198 Å². The van der Waals surface area contributed by atoms with Gasteiger partial charge in [-0.05, 0) is 49.9 Å². The third-order valence-electron chi connectivity index (χ3n) is 7.11. The van der Waals surface area contributed by atoms with Gasteiger partial charge in [-0.1, -0.05) is 24.3 Å². The van der Waals surface area contributed by atoms with E-state index in [1.807, 2.05) is 0 Å². The molecule has 2 saturated heterocycles. The van der Waals surface area contributed by atoms with Crippen molar-refractivity contribution in [2.45, 2.75) is 37.8 Å². The van der Waals surface area contributed by atoms with Crippen LogP contribution >= 0.6 is 0 Å². The lowest BCUT2D eigenvalue weighted by Crippen LogP contribution is -2.51. The van der Waals surface area contributed by atoms with Crippen molar-refractivity contribution in [1.29, 1.82) is 0 Å². The van der Waals surface area contributed by atoms with E-state index >= 15 is 0 Å². The van der Waals surface area contributed by atoms with Gasteiger partial charge in [0.1, 0.15) is 12.6 Å². The maximum Gasteiger partial charge on any atom is 0.262 e. The second kappa shape index (κ2) is 9.54. The van der Waals surface area contributed by atoms with Gasteiger partial charge in [-0.2, -0.15) is 0 Å². The number of nitrogens with zero attached hydrogens (tertiary/aromatic N) is 3. The van der Waals surface area contributed by atoms with Gasteiger partial charge in [-0.15, -0.1) is 0 Å². The van der Waals surface area contributed by atoms with Crippen molar-refractivity contribution < 1.29 is 23.5 Å². The molecule has 3 aliphatic rings. The van der Waals surface area contributed by atoms with E-state index in [1.165, 1.54) is 6.07 Å². The fourth-order valence-corrected chi connectivity index (χ4v) is 5.18. The third-order valence-corrected chi connectivity index (χ3v) is 7.11. The van der Waals surface area contributed by atoms with E-state index in [0.29, 0.717) is 36.0 Å². The minimum atomic E-state index is -0.399. The Morgan fingerprint density at radius 3 is 2.06 bits per heavy atom. The van der Waals surface area contributed by atoms with Crippen LogP contribution in [0.25, 0.3) is 0 Å². The first-order valence-electron chi connectivity index (χ1n) is 11.9. The molecule has 3 heterocycles. The first-order chi connectivity index (χ1) is 16.5. The van der Waals surface area contributed by atoms with E-state index in [2.05, 4.69) is 4.90 Å². The topological polar surface area (TPSA) is 70.2 Å². The largest absolute Gasteiger partial charge is 0.487 e. The highest BCUT2D eigenvalue weighted by Crippen LogP contribution is 2.26. The fraction of sp³-hybridized carbons (Fsp3) is 0.423. The number of hydrogen-bond donors (Lipinski definition) is 0. The second-order valence-electron chi connectivity index (χ2n) is 9.14. The van der Waals surface area contributed by atoms with E-state index in [-0.39, 0.29) is 24.4 Å². The zero-order chi connectivity index (χ0) is 23.7. The van der Waals surface area contributed by atoms with E-state index in [9.17, 15) is 18.8 Å². The SMILES string of the molecule is O=C(CN1C(=O)c2ccccc2C1=O)N1CCC(N2CCC(Oc3ccccc3F)CC2)CC1.